The smallest absolute Gasteiger partial charge is 0.293 e. The van der Waals surface area contributed by atoms with Crippen LogP contribution < -0.4 is 0 Å². The molecule has 0 unspecified atom stereocenters. The molecule has 0 saturated heterocycles. The molecule has 0 amide bonds. The fraction of sp³-hybridized carbons (Fsp3) is 0.471. The highest BCUT2D eigenvalue weighted by atomic mass is 16.5. The van der Waals surface area contributed by atoms with Crippen molar-refractivity contribution in [2.75, 3.05) is 6.61 Å². The highest BCUT2D eigenvalue weighted by Crippen LogP contribution is 2.42. The van der Waals surface area contributed by atoms with Crippen molar-refractivity contribution in [3.05, 3.63) is 35.7 Å². The van der Waals surface area contributed by atoms with Crippen molar-refractivity contribution in [3.8, 4) is 0 Å². The van der Waals surface area contributed by atoms with Crippen LogP contribution in [0.15, 0.2) is 18.9 Å². The third-order valence-electron chi connectivity index (χ3n) is 2.77. The minimum atomic E-state index is 0.431. The average molecular weight is 277 g/mol. The molecular weight excluding hydrogens is 250 g/mol. The summed E-state index contributed by atoms with van der Waals surface area (Å²) in [6.07, 6.45) is 10.9. The molecule has 0 bridgehead atoms. The second-order valence-electron chi connectivity index (χ2n) is 4.10. The normalized spacial score (nSPS) is 12.8. The second-order valence-corrected chi connectivity index (χ2v) is 4.10. The van der Waals surface area contributed by atoms with E-state index in [0.717, 1.165) is 5.92 Å². The maximum absolute atomic E-state index is 9.18. The van der Waals surface area contributed by atoms with Crippen LogP contribution in [-0.4, -0.2) is 18.1 Å². The van der Waals surface area contributed by atoms with E-state index in [-0.39, 0.29) is 0 Å². The van der Waals surface area contributed by atoms with Gasteiger partial charge in [-0.1, -0.05) is 32.6 Å². The zero-order valence-corrected chi connectivity index (χ0v) is 13.1. The Balaban J connectivity index is 0.000000441. The molecule has 0 radical (unpaired) electrons. The highest BCUT2D eigenvalue weighted by molar-refractivity contribution is 5.66. The maximum Gasteiger partial charge on any atom is 0.293 e. The molecule has 2 rings (SSSR count). The Morgan fingerprint density at radius 2 is 2.10 bits per heavy atom. The van der Waals surface area contributed by atoms with E-state index in [4.69, 9.17) is 0 Å². The molecular formula is C17H27NO2. The van der Waals surface area contributed by atoms with E-state index in [2.05, 4.69) is 34.6 Å². The van der Waals surface area contributed by atoms with Gasteiger partial charge in [-0.3, -0.25) is 4.79 Å². The monoisotopic (exact) mass is 277 g/mol. The molecule has 1 saturated carbocycles. The number of allylic oxidation sites excluding steroid dienone is 1. The quantitative estimate of drug-likeness (QED) is 0.787. The zero-order chi connectivity index (χ0) is 15.4. The molecule has 1 heterocycles. The van der Waals surface area contributed by atoms with E-state index >= 15 is 0 Å². The molecule has 1 N–H and O–H groups in total. The van der Waals surface area contributed by atoms with Crippen molar-refractivity contribution in [3.63, 3.8) is 0 Å². The molecule has 3 heteroatoms. The Morgan fingerprint density at radius 1 is 1.45 bits per heavy atom. The molecule has 0 atom stereocenters. The lowest BCUT2D eigenvalue weighted by atomic mass is 10.1. The largest absolute Gasteiger partial charge is 0.468 e. The Kier molecular flexibility index (Phi) is 10.1. The van der Waals surface area contributed by atoms with Gasteiger partial charge in [0.1, 0.15) is 0 Å². The second kappa shape index (κ2) is 11.1. The Labute approximate surface area is 122 Å². The van der Waals surface area contributed by atoms with Crippen LogP contribution in [0.1, 0.15) is 63.3 Å². The fourth-order valence-electron chi connectivity index (χ4n) is 1.80. The molecule has 0 aliphatic heterocycles. The summed E-state index contributed by atoms with van der Waals surface area (Å²) in [7, 11) is 0. The minimum absolute atomic E-state index is 0.431. The number of ether oxygens (including phenoxy) is 1. The van der Waals surface area contributed by atoms with Gasteiger partial charge >= 0.3 is 0 Å². The van der Waals surface area contributed by atoms with Crippen molar-refractivity contribution >= 4 is 18.6 Å². The van der Waals surface area contributed by atoms with Crippen molar-refractivity contribution in [1.29, 1.82) is 0 Å². The van der Waals surface area contributed by atoms with Crippen LogP contribution in [0.4, 0.5) is 0 Å². The minimum Gasteiger partial charge on any atom is -0.468 e. The Morgan fingerprint density at radius 3 is 2.45 bits per heavy atom. The van der Waals surface area contributed by atoms with Gasteiger partial charge in [0, 0.05) is 17.5 Å². The number of carbonyl (C=O) groups is 1. The Bertz CT molecular complexity index is 415. The van der Waals surface area contributed by atoms with Gasteiger partial charge in [0.2, 0.25) is 0 Å². The van der Waals surface area contributed by atoms with Crippen LogP contribution in [0.3, 0.4) is 0 Å². The molecule has 0 aromatic carbocycles. The van der Waals surface area contributed by atoms with Crippen molar-refractivity contribution in [2.45, 2.75) is 46.5 Å². The average Bonchev–Trinajstić information content (AvgIpc) is 3.25. The van der Waals surface area contributed by atoms with E-state index in [9.17, 15) is 4.79 Å². The van der Waals surface area contributed by atoms with Gasteiger partial charge in [0.25, 0.3) is 6.47 Å². The number of carbonyl (C=O) groups excluding carboxylic acids is 1. The van der Waals surface area contributed by atoms with E-state index in [0.29, 0.717) is 13.1 Å². The number of aromatic amines is 1. The van der Waals surface area contributed by atoms with Crippen LogP contribution in [0.2, 0.25) is 0 Å². The fourth-order valence-corrected chi connectivity index (χ4v) is 1.80. The predicted molar refractivity (Wildman–Crippen MR) is 86.6 cm³/mol. The van der Waals surface area contributed by atoms with Crippen LogP contribution >= 0.6 is 0 Å². The van der Waals surface area contributed by atoms with Gasteiger partial charge in [0.15, 0.2) is 0 Å². The number of H-pyrrole nitrogens is 1. The summed E-state index contributed by atoms with van der Waals surface area (Å²) < 4.78 is 4.15. The molecule has 1 aromatic rings. The third-order valence-corrected chi connectivity index (χ3v) is 2.77. The first-order valence-corrected chi connectivity index (χ1v) is 7.30. The topological polar surface area (TPSA) is 42.1 Å². The van der Waals surface area contributed by atoms with Gasteiger partial charge in [-0.05, 0) is 44.2 Å². The summed E-state index contributed by atoms with van der Waals surface area (Å²) in [6, 6.07) is 0. The molecule has 1 aliphatic rings. The molecule has 20 heavy (non-hydrogen) atoms. The molecule has 3 nitrogen and oxygen atoms in total. The molecule has 1 aromatic heterocycles. The molecule has 112 valence electrons. The lowest BCUT2D eigenvalue weighted by Gasteiger charge is -1.96. The van der Waals surface area contributed by atoms with Gasteiger partial charge in [-0.2, -0.15) is 0 Å². The summed E-state index contributed by atoms with van der Waals surface area (Å²) in [4.78, 5) is 12.5. The van der Waals surface area contributed by atoms with Crippen LogP contribution in [0.25, 0.3) is 12.2 Å². The van der Waals surface area contributed by atoms with Crippen molar-refractivity contribution < 1.29 is 9.53 Å². The van der Waals surface area contributed by atoms with Gasteiger partial charge in [0.05, 0.1) is 6.61 Å². The van der Waals surface area contributed by atoms with Crippen LogP contribution in [0, 0.1) is 0 Å². The first kappa shape index (κ1) is 18.2. The van der Waals surface area contributed by atoms with E-state index in [1.807, 2.05) is 26.8 Å². The standard InChI is InChI=1S/C12H15N.C3H6O2.C2H6/c1-3-5-12-10(4-2)11(8-13-12)9-6-7-9;1-2-5-3-4;1-2/h3-5,8-9,13H,2,6-7H2,1H3;3H,2H2,1H3;1-2H3/b5-3-;;. The summed E-state index contributed by atoms with van der Waals surface area (Å²) in [5.41, 5.74) is 3.93. The number of hydrogen-bond acceptors (Lipinski definition) is 2. The highest BCUT2D eigenvalue weighted by Gasteiger charge is 2.26. The predicted octanol–water partition coefficient (Wildman–Crippen LogP) is 4.77. The Hall–Kier alpha value is -1.77. The van der Waals surface area contributed by atoms with Crippen molar-refractivity contribution in [2.24, 2.45) is 0 Å². The molecule has 1 aliphatic carbocycles. The number of rotatable bonds is 5. The lowest BCUT2D eigenvalue weighted by Crippen LogP contribution is -1.80. The zero-order valence-electron chi connectivity index (χ0n) is 13.1. The lowest BCUT2D eigenvalue weighted by molar-refractivity contribution is -0.128. The first-order valence-electron chi connectivity index (χ1n) is 7.30. The van der Waals surface area contributed by atoms with Gasteiger partial charge < -0.3 is 9.72 Å². The van der Waals surface area contributed by atoms with Crippen molar-refractivity contribution in [1.82, 2.24) is 4.98 Å². The third kappa shape index (κ3) is 5.91. The summed E-state index contributed by atoms with van der Waals surface area (Å²) in [5.74, 6) is 0.795. The number of hydrogen-bond donors (Lipinski definition) is 1. The summed E-state index contributed by atoms with van der Waals surface area (Å²) >= 11 is 0. The summed E-state index contributed by atoms with van der Waals surface area (Å²) in [6.45, 7) is 12.6. The first-order chi connectivity index (χ1) is 9.78. The number of nitrogens with one attached hydrogen (secondary N) is 1. The molecule has 0 spiro atoms. The van der Waals surface area contributed by atoms with E-state index in [1.54, 1.807) is 6.92 Å². The van der Waals surface area contributed by atoms with Crippen LogP contribution in [0.5, 0.6) is 0 Å². The van der Waals surface area contributed by atoms with Crippen LogP contribution in [-0.2, 0) is 9.53 Å². The molecule has 1 fully saturated rings. The number of aromatic nitrogens is 1. The summed E-state index contributed by atoms with van der Waals surface area (Å²) in [5, 5.41) is 0. The SMILES string of the molecule is C=Cc1c(C2CC2)c[nH]c1/C=C\C.CC.CCOC=O. The maximum atomic E-state index is 9.18. The van der Waals surface area contributed by atoms with Gasteiger partial charge in [-0.25, -0.2) is 0 Å². The van der Waals surface area contributed by atoms with E-state index < -0.39 is 0 Å². The van der Waals surface area contributed by atoms with Gasteiger partial charge in [-0.15, -0.1) is 0 Å². The van der Waals surface area contributed by atoms with E-state index in [1.165, 1.54) is 29.7 Å².